The van der Waals surface area contributed by atoms with Gasteiger partial charge in [0, 0.05) is 0 Å². The Bertz CT molecular complexity index is 409. The molecular weight excluding hydrogens is 196 g/mol. The molecule has 0 aliphatic heterocycles. The molecule has 0 radical (unpaired) electrons. The number of carbonyl (C=O) groups is 1. The molecule has 0 heterocycles. The topological polar surface area (TPSA) is 17.1 Å². The fourth-order valence-corrected chi connectivity index (χ4v) is 2.03. The van der Waals surface area contributed by atoms with Gasteiger partial charge in [0.25, 0.3) is 0 Å². The third-order valence-electron chi connectivity index (χ3n) is 2.68. The van der Waals surface area contributed by atoms with E-state index in [1.807, 2.05) is 37.3 Å². The predicted octanol–water partition coefficient (Wildman–Crippen LogP) is 3.13. The minimum Gasteiger partial charge on any atom is -0.292 e. The van der Waals surface area contributed by atoms with Crippen LogP contribution in [0.5, 0.6) is 0 Å². The molecule has 0 N–H and O–H groups in total. The molecule has 1 aliphatic rings. The van der Waals surface area contributed by atoms with Crippen molar-refractivity contribution in [1.82, 2.24) is 0 Å². The van der Waals surface area contributed by atoms with E-state index < -0.39 is 4.87 Å². The van der Waals surface area contributed by atoms with Gasteiger partial charge in [0.1, 0.15) is 4.87 Å². The van der Waals surface area contributed by atoms with Gasteiger partial charge < -0.3 is 0 Å². The molecule has 14 heavy (non-hydrogen) atoms. The quantitative estimate of drug-likeness (QED) is 0.646. The van der Waals surface area contributed by atoms with E-state index in [9.17, 15) is 4.79 Å². The van der Waals surface area contributed by atoms with Gasteiger partial charge in [-0.05, 0) is 23.6 Å². The molecule has 0 amide bonds. The van der Waals surface area contributed by atoms with E-state index in [0.29, 0.717) is 6.42 Å². The van der Waals surface area contributed by atoms with E-state index in [1.165, 1.54) is 0 Å². The van der Waals surface area contributed by atoms with E-state index in [2.05, 4.69) is 0 Å². The Morgan fingerprint density at radius 2 is 2.00 bits per heavy atom. The van der Waals surface area contributed by atoms with Gasteiger partial charge >= 0.3 is 0 Å². The number of alkyl halides is 1. The van der Waals surface area contributed by atoms with Gasteiger partial charge in [-0.1, -0.05) is 37.3 Å². The van der Waals surface area contributed by atoms with Gasteiger partial charge in [-0.25, -0.2) is 0 Å². The van der Waals surface area contributed by atoms with E-state index in [0.717, 1.165) is 11.1 Å². The first-order chi connectivity index (χ1) is 6.68. The van der Waals surface area contributed by atoms with Crippen LogP contribution >= 0.6 is 11.6 Å². The lowest BCUT2D eigenvalue weighted by Crippen LogP contribution is -2.30. The summed E-state index contributed by atoms with van der Waals surface area (Å²) in [6, 6.07) is 7.77. The van der Waals surface area contributed by atoms with Crippen molar-refractivity contribution in [1.29, 1.82) is 0 Å². The van der Waals surface area contributed by atoms with Crippen molar-refractivity contribution >= 4 is 23.5 Å². The van der Waals surface area contributed by atoms with Crippen molar-refractivity contribution in [2.45, 2.75) is 18.2 Å². The Labute approximate surface area is 88.4 Å². The summed E-state index contributed by atoms with van der Waals surface area (Å²) in [4.78, 5) is 10.8. The van der Waals surface area contributed by atoms with Crippen LogP contribution in [0.2, 0.25) is 0 Å². The summed E-state index contributed by atoms with van der Waals surface area (Å²) in [7, 11) is 0. The molecule has 1 nitrogen and oxygen atoms in total. The van der Waals surface area contributed by atoms with Crippen molar-refractivity contribution in [3.63, 3.8) is 0 Å². The monoisotopic (exact) mass is 206 g/mol. The molecule has 0 saturated heterocycles. The van der Waals surface area contributed by atoms with Crippen LogP contribution in [-0.4, -0.2) is 5.78 Å². The van der Waals surface area contributed by atoms with E-state index >= 15 is 0 Å². The first kappa shape index (κ1) is 9.47. The molecule has 0 aromatic heterocycles. The van der Waals surface area contributed by atoms with Crippen LogP contribution in [0.15, 0.2) is 30.3 Å². The summed E-state index contributed by atoms with van der Waals surface area (Å²) in [6.07, 6.45) is 4.02. The lowest BCUT2D eigenvalue weighted by molar-refractivity contribution is -0.117. The summed E-state index contributed by atoms with van der Waals surface area (Å²) in [5.74, 6) is -0.0135. The number of allylic oxidation sites excluding steroid dienone is 1. The van der Waals surface area contributed by atoms with E-state index in [1.54, 1.807) is 6.08 Å². The van der Waals surface area contributed by atoms with Gasteiger partial charge in [0.2, 0.25) is 0 Å². The first-order valence-corrected chi connectivity index (χ1v) is 5.07. The molecule has 0 saturated carbocycles. The molecule has 2 rings (SSSR count). The lowest BCUT2D eigenvalue weighted by Gasteiger charge is -2.27. The Balaban J connectivity index is 2.65. The van der Waals surface area contributed by atoms with Gasteiger partial charge in [0.15, 0.2) is 5.78 Å². The number of halogens is 1. The molecule has 0 bridgehead atoms. The van der Waals surface area contributed by atoms with Gasteiger partial charge in [-0.2, -0.15) is 0 Å². The fraction of sp³-hybridized carbons (Fsp3) is 0.250. The summed E-state index contributed by atoms with van der Waals surface area (Å²) in [5, 5.41) is 0. The third kappa shape index (κ3) is 1.20. The van der Waals surface area contributed by atoms with Crippen LogP contribution in [0.25, 0.3) is 6.08 Å². The zero-order chi connectivity index (χ0) is 10.2. The number of hydrogen-bond donors (Lipinski definition) is 0. The minimum atomic E-state index is -0.842. The number of hydrogen-bond acceptors (Lipinski definition) is 1. The molecule has 1 aromatic rings. The zero-order valence-corrected chi connectivity index (χ0v) is 8.71. The highest BCUT2D eigenvalue weighted by atomic mass is 35.5. The summed E-state index contributed by atoms with van der Waals surface area (Å²) < 4.78 is 0. The van der Waals surface area contributed by atoms with E-state index in [4.69, 9.17) is 11.6 Å². The second-order valence-electron chi connectivity index (χ2n) is 3.44. The highest BCUT2D eigenvalue weighted by Crippen LogP contribution is 2.39. The Hall–Kier alpha value is -1.08. The second kappa shape index (κ2) is 3.25. The molecule has 72 valence electrons. The fourth-order valence-electron chi connectivity index (χ4n) is 1.80. The largest absolute Gasteiger partial charge is 0.292 e. The Morgan fingerprint density at radius 1 is 1.29 bits per heavy atom. The summed E-state index contributed by atoms with van der Waals surface area (Å²) >= 11 is 6.34. The molecule has 1 aliphatic carbocycles. The number of ketones is 1. The first-order valence-electron chi connectivity index (χ1n) is 4.69. The minimum absolute atomic E-state index is 0.0135. The van der Waals surface area contributed by atoms with Crippen LogP contribution < -0.4 is 0 Å². The van der Waals surface area contributed by atoms with Crippen molar-refractivity contribution in [2.24, 2.45) is 0 Å². The Kier molecular flexibility index (Phi) is 2.20. The average molecular weight is 207 g/mol. The average Bonchev–Trinajstić information content (AvgIpc) is 2.24. The number of fused-ring (bicyclic) bond motifs is 1. The highest BCUT2D eigenvalue weighted by Gasteiger charge is 2.37. The molecule has 0 spiro atoms. The van der Waals surface area contributed by atoms with Crippen LogP contribution in [-0.2, 0) is 9.67 Å². The molecule has 1 unspecified atom stereocenters. The maximum absolute atomic E-state index is 11.7. The number of rotatable bonds is 1. The second-order valence-corrected chi connectivity index (χ2v) is 4.08. The van der Waals surface area contributed by atoms with Crippen LogP contribution in [0.1, 0.15) is 24.5 Å². The standard InChI is InChI=1S/C12H11ClO/c1-2-12(13)10-6-4-3-5-9(10)7-8-11(12)14/h3-8H,2H2,1H3. The van der Waals surface area contributed by atoms with Crippen LogP contribution in [0, 0.1) is 0 Å². The van der Waals surface area contributed by atoms with Gasteiger partial charge in [-0.3, -0.25) is 4.79 Å². The number of carbonyl (C=O) groups excluding carboxylic acids is 1. The Morgan fingerprint density at radius 3 is 2.71 bits per heavy atom. The lowest BCUT2D eigenvalue weighted by atomic mass is 9.84. The third-order valence-corrected chi connectivity index (χ3v) is 3.34. The zero-order valence-electron chi connectivity index (χ0n) is 7.96. The highest BCUT2D eigenvalue weighted by molar-refractivity contribution is 6.38. The van der Waals surface area contributed by atoms with Gasteiger partial charge in [-0.15, -0.1) is 11.6 Å². The maximum atomic E-state index is 11.7. The van der Waals surface area contributed by atoms with Crippen molar-refractivity contribution in [2.75, 3.05) is 0 Å². The van der Waals surface area contributed by atoms with Crippen molar-refractivity contribution in [3.05, 3.63) is 41.5 Å². The van der Waals surface area contributed by atoms with Crippen LogP contribution in [0.4, 0.5) is 0 Å². The van der Waals surface area contributed by atoms with Crippen molar-refractivity contribution in [3.8, 4) is 0 Å². The normalized spacial score (nSPS) is 24.9. The SMILES string of the molecule is CCC1(Cl)C(=O)C=Cc2ccccc21. The maximum Gasteiger partial charge on any atom is 0.181 e. The summed E-state index contributed by atoms with van der Waals surface area (Å²) in [5.41, 5.74) is 1.97. The predicted molar refractivity (Wildman–Crippen MR) is 58.3 cm³/mol. The number of benzene rings is 1. The van der Waals surface area contributed by atoms with Crippen molar-refractivity contribution < 1.29 is 4.79 Å². The molecule has 2 heteroatoms. The molecule has 1 atom stereocenters. The summed E-state index contributed by atoms with van der Waals surface area (Å²) in [6.45, 7) is 1.93. The van der Waals surface area contributed by atoms with E-state index in [-0.39, 0.29) is 5.78 Å². The smallest absolute Gasteiger partial charge is 0.181 e. The van der Waals surface area contributed by atoms with Crippen LogP contribution in [0.3, 0.4) is 0 Å². The van der Waals surface area contributed by atoms with Gasteiger partial charge in [0.05, 0.1) is 0 Å². The molecule has 0 fully saturated rings. The molecule has 1 aromatic carbocycles. The molecular formula is C12H11ClO.